The number of nitrogens with one attached hydrogen (secondary N) is 2. The van der Waals surface area contributed by atoms with E-state index < -0.39 is 0 Å². The predicted octanol–water partition coefficient (Wildman–Crippen LogP) is 1.64. The van der Waals surface area contributed by atoms with Crippen LogP contribution in [0.3, 0.4) is 0 Å². The van der Waals surface area contributed by atoms with E-state index in [1.807, 2.05) is 6.07 Å². The lowest BCUT2D eigenvalue weighted by Gasteiger charge is -2.08. The van der Waals surface area contributed by atoms with Gasteiger partial charge in [0.2, 0.25) is 0 Å². The van der Waals surface area contributed by atoms with Gasteiger partial charge in [-0.3, -0.25) is 20.4 Å². The molecule has 1 aromatic rings. The summed E-state index contributed by atoms with van der Waals surface area (Å²) >= 11 is 3.27. The van der Waals surface area contributed by atoms with Gasteiger partial charge in [-0.25, -0.2) is 0 Å². The van der Waals surface area contributed by atoms with E-state index in [2.05, 4.69) is 26.8 Å². The molecule has 1 aromatic carbocycles. The number of carbonyl (C=O) groups is 2. The highest BCUT2D eigenvalue weighted by Crippen LogP contribution is 2.28. The van der Waals surface area contributed by atoms with Gasteiger partial charge in [-0.1, -0.05) is 12.1 Å². The molecule has 1 saturated carbocycles. The van der Waals surface area contributed by atoms with Gasteiger partial charge in [0, 0.05) is 4.47 Å². The summed E-state index contributed by atoms with van der Waals surface area (Å²) in [5.41, 5.74) is 5.12. The molecule has 0 saturated heterocycles. The Balaban J connectivity index is 1.70. The number of halogens is 1. The number of hydrazine groups is 1. The second kappa shape index (κ2) is 6.68. The highest BCUT2D eigenvalue weighted by molar-refractivity contribution is 9.10. The monoisotopic (exact) mass is 326 g/mol. The number of hydrogen-bond acceptors (Lipinski definition) is 3. The van der Waals surface area contributed by atoms with Crippen molar-refractivity contribution >= 4 is 27.7 Å². The Kier molecular flexibility index (Phi) is 4.93. The van der Waals surface area contributed by atoms with Gasteiger partial charge in [0.25, 0.3) is 11.8 Å². The summed E-state index contributed by atoms with van der Waals surface area (Å²) in [4.78, 5) is 23.2. The molecule has 102 valence electrons. The summed E-state index contributed by atoms with van der Waals surface area (Å²) in [5.74, 6) is -0.119. The number of amides is 2. The van der Waals surface area contributed by atoms with Crippen LogP contribution in [-0.4, -0.2) is 25.0 Å². The van der Waals surface area contributed by atoms with Gasteiger partial charge in [-0.2, -0.15) is 0 Å². The average molecular weight is 327 g/mol. The third kappa shape index (κ3) is 4.65. The van der Waals surface area contributed by atoms with E-state index in [1.54, 1.807) is 18.2 Å². The Hall–Kier alpha value is -1.40. The molecule has 0 aliphatic heterocycles. The van der Waals surface area contributed by atoms with Crippen LogP contribution in [0.2, 0.25) is 0 Å². The van der Waals surface area contributed by atoms with Crippen LogP contribution in [0.25, 0.3) is 0 Å². The fourth-order valence-electron chi connectivity index (χ4n) is 1.48. The molecule has 0 aromatic heterocycles. The number of rotatable bonds is 5. The Morgan fingerprint density at radius 3 is 2.68 bits per heavy atom. The predicted molar refractivity (Wildman–Crippen MR) is 73.3 cm³/mol. The lowest BCUT2D eigenvalue weighted by atomic mass is 10.2. The maximum absolute atomic E-state index is 11.8. The number of ether oxygens (including phenoxy) is 1. The standard InChI is InChI=1S/C13H15BrN2O3/c14-11-4-2-1-3-10(11)13(18)16-15-12(17)8-19-7-9-5-6-9/h1-4,9H,5-8H2,(H,15,17)(H,16,18). The minimum absolute atomic E-state index is 0.0350. The molecule has 0 atom stereocenters. The van der Waals surface area contributed by atoms with Gasteiger partial charge < -0.3 is 4.74 Å². The van der Waals surface area contributed by atoms with Gasteiger partial charge in [-0.15, -0.1) is 0 Å². The van der Waals surface area contributed by atoms with Crippen LogP contribution >= 0.6 is 15.9 Å². The first-order valence-corrected chi connectivity index (χ1v) is 6.87. The topological polar surface area (TPSA) is 67.4 Å². The second-order valence-corrected chi connectivity index (χ2v) is 5.29. The van der Waals surface area contributed by atoms with Crippen molar-refractivity contribution in [3.63, 3.8) is 0 Å². The average Bonchev–Trinajstić information content (AvgIpc) is 3.20. The quantitative estimate of drug-likeness (QED) is 0.808. The summed E-state index contributed by atoms with van der Waals surface area (Å²) in [6, 6.07) is 6.98. The molecular formula is C13H15BrN2O3. The Labute approximate surface area is 119 Å². The number of carbonyl (C=O) groups excluding carboxylic acids is 2. The molecule has 2 amide bonds. The van der Waals surface area contributed by atoms with Crippen molar-refractivity contribution in [3.05, 3.63) is 34.3 Å². The van der Waals surface area contributed by atoms with Crippen LogP contribution < -0.4 is 10.9 Å². The summed E-state index contributed by atoms with van der Waals surface area (Å²) in [5, 5.41) is 0. The fourth-order valence-corrected chi connectivity index (χ4v) is 1.94. The highest BCUT2D eigenvalue weighted by Gasteiger charge is 2.21. The van der Waals surface area contributed by atoms with E-state index in [0.717, 1.165) is 0 Å². The highest BCUT2D eigenvalue weighted by atomic mass is 79.9. The SMILES string of the molecule is O=C(COCC1CC1)NNC(=O)c1ccccc1Br. The third-order valence-corrected chi connectivity index (χ3v) is 3.41. The lowest BCUT2D eigenvalue weighted by molar-refractivity contribution is -0.126. The maximum Gasteiger partial charge on any atom is 0.270 e. The van der Waals surface area contributed by atoms with Crippen LogP contribution in [0.4, 0.5) is 0 Å². The minimum atomic E-state index is -0.372. The Morgan fingerprint density at radius 1 is 1.26 bits per heavy atom. The zero-order valence-corrected chi connectivity index (χ0v) is 11.9. The summed E-state index contributed by atoms with van der Waals surface area (Å²) in [6.45, 7) is 0.582. The molecule has 0 heterocycles. The summed E-state index contributed by atoms with van der Waals surface area (Å²) in [7, 11) is 0. The largest absolute Gasteiger partial charge is 0.371 e. The van der Waals surface area contributed by atoms with E-state index >= 15 is 0 Å². The maximum atomic E-state index is 11.8. The van der Waals surface area contributed by atoms with Crippen molar-refractivity contribution in [1.82, 2.24) is 10.9 Å². The zero-order chi connectivity index (χ0) is 13.7. The van der Waals surface area contributed by atoms with E-state index in [-0.39, 0.29) is 18.4 Å². The smallest absolute Gasteiger partial charge is 0.270 e. The molecule has 0 spiro atoms. The summed E-state index contributed by atoms with van der Waals surface area (Å²) in [6.07, 6.45) is 2.36. The lowest BCUT2D eigenvalue weighted by Crippen LogP contribution is -2.43. The van der Waals surface area contributed by atoms with E-state index in [0.29, 0.717) is 22.6 Å². The van der Waals surface area contributed by atoms with E-state index in [4.69, 9.17) is 4.74 Å². The van der Waals surface area contributed by atoms with Gasteiger partial charge >= 0.3 is 0 Å². The van der Waals surface area contributed by atoms with Crippen LogP contribution in [0.5, 0.6) is 0 Å². The Morgan fingerprint density at radius 2 is 2.00 bits per heavy atom. The molecule has 0 bridgehead atoms. The molecule has 1 fully saturated rings. The van der Waals surface area contributed by atoms with Crippen LogP contribution in [0.1, 0.15) is 23.2 Å². The van der Waals surface area contributed by atoms with E-state index in [9.17, 15) is 9.59 Å². The molecule has 5 nitrogen and oxygen atoms in total. The van der Waals surface area contributed by atoms with Crippen molar-refractivity contribution in [2.45, 2.75) is 12.8 Å². The van der Waals surface area contributed by atoms with Gasteiger partial charge in [-0.05, 0) is 46.8 Å². The second-order valence-electron chi connectivity index (χ2n) is 4.44. The molecule has 19 heavy (non-hydrogen) atoms. The minimum Gasteiger partial charge on any atom is -0.371 e. The van der Waals surface area contributed by atoms with Crippen LogP contribution in [0.15, 0.2) is 28.7 Å². The molecule has 6 heteroatoms. The van der Waals surface area contributed by atoms with Crippen molar-refractivity contribution in [2.24, 2.45) is 5.92 Å². The molecule has 2 N–H and O–H groups in total. The van der Waals surface area contributed by atoms with E-state index in [1.165, 1.54) is 12.8 Å². The first-order chi connectivity index (χ1) is 9.16. The van der Waals surface area contributed by atoms with Gasteiger partial charge in [0.05, 0.1) is 12.2 Å². The van der Waals surface area contributed by atoms with Crippen molar-refractivity contribution in [1.29, 1.82) is 0 Å². The first-order valence-electron chi connectivity index (χ1n) is 6.08. The Bertz CT molecular complexity index is 475. The molecule has 1 aliphatic rings. The number of hydrogen-bond donors (Lipinski definition) is 2. The van der Waals surface area contributed by atoms with Crippen molar-refractivity contribution < 1.29 is 14.3 Å². The fraction of sp³-hybridized carbons (Fsp3) is 0.385. The molecule has 2 rings (SSSR count). The molecular weight excluding hydrogens is 312 g/mol. The molecule has 0 unspecified atom stereocenters. The number of benzene rings is 1. The normalized spacial score (nSPS) is 13.9. The molecule has 1 aliphatic carbocycles. The third-order valence-electron chi connectivity index (χ3n) is 2.72. The first kappa shape index (κ1) is 14.0. The van der Waals surface area contributed by atoms with Crippen molar-refractivity contribution in [3.8, 4) is 0 Å². The van der Waals surface area contributed by atoms with Gasteiger partial charge in [0.15, 0.2) is 0 Å². The van der Waals surface area contributed by atoms with Crippen molar-refractivity contribution in [2.75, 3.05) is 13.2 Å². The molecule has 0 radical (unpaired) electrons. The van der Waals surface area contributed by atoms with Crippen LogP contribution in [-0.2, 0) is 9.53 Å². The zero-order valence-electron chi connectivity index (χ0n) is 10.3. The summed E-state index contributed by atoms with van der Waals surface area (Å²) < 4.78 is 5.88. The van der Waals surface area contributed by atoms with Gasteiger partial charge in [0.1, 0.15) is 6.61 Å². The van der Waals surface area contributed by atoms with Crippen LogP contribution in [0, 0.1) is 5.92 Å².